The Morgan fingerprint density at radius 3 is 2.61 bits per heavy atom. The number of benzene rings is 1. The summed E-state index contributed by atoms with van der Waals surface area (Å²) in [7, 11) is 0. The van der Waals surface area contributed by atoms with Crippen molar-refractivity contribution in [2.45, 2.75) is 44.6 Å². The van der Waals surface area contributed by atoms with Crippen LogP contribution in [0.15, 0.2) is 18.2 Å². The van der Waals surface area contributed by atoms with Gasteiger partial charge < -0.3 is 11.1 Å². The second-order valence-corrected chi connectivity index (χ2v) is 5.31. The lowest BCUT2D eigenvalue weighted by Gasteiger charge is -2.34. The third-order valence-corrected chi connectivity index (χ3v) is 3.63. The molecule has 0 bridgehead atoms. The third-order valence-electron chi connectivity index (χ3n) is 3.63. The Kier molecular flexibility index (Phi) is 3.55. The van der Waals surface area contributed by atoms with Crippen LogP contribution in [0.3, 0.4) is 0 Å². The van der Waals surface area contributed by atoms with Crippen molar-refractivity contribution in [1.29, 1.82) is 0 Å². The highest BCUT2D eigenvalue weighted by molar-refractivity contribution is 5.99. The predicted molar refractivity (Wildman–Crippen MR) is 69.8 cm³/mol. The molecule has 1 fully saturated rings. The van der Waals surface area contributed by atoms with Crippen LogP contribution in [0.1, 0.15) is 49.4 Å². The molecule has 0 spiro atoms. The quantitative estimate of drug-likeness (QED) is 0.793. The van der Waals surface area contributed by atoms with Crippen LogP contribution in [0.5, 0.6) is 0 Å². The number of amides is 1. The highest BCUT2D eigenvalue weighted by atomic mass is 19.1. The van der Waals surface area contributed by atoms with E-state index in [1.54, 1.807) is 0 Å². The largest absolute Gasteiger partial charge is 0.398 e. The zero-order chi connectivity index (χ0) is 13.2. The molecular formula is C14H19FN2O. The van der Waals surface area contributed by atoms with Crippen molar-refractivity contribution in [1.82, 2.24) is 5.32 Å². The number of carbonyl (C=O) groups is 1. The second-order valence-electron chi connectivity index (χ2n) is 5.31. The minimum Gasteiger partial charge on any atom is -0.398 e. The van der Waals surface area contributed by atoms with E-state index in [0.29, 0.717) is 5.56 Å². The fourth-order valence-electron chi connectivity index (χ4n) is 2.54. The number of anilines is 1. The molecule has 1 amide bonds. The van der Waals surface area contributed by atoms with Gasteiger partial charge in [0.25, 0.3) is 5.91 Å². The molecule has 0 aromatic heterocycles. The lowest BCUT2D eigenvalue weighted by atomic mass is 9.83. The van der Waals surface area contributed by atoms with Crippen molar-refractivity contribution in [3.05, 3.63) is 29.6 Å². The van der Waals surface area contributed by atoms with E-state index >= 15 is 0 Å². The molecule has 3 nitrogen and oxygen atoms in total. The highest BCUT2D eigenvalue weighted by Crippen LogP contribution is 2.28. The molecule has 4 heteroatoms. The molecule has 2 rings (SSSR count). The Morgan fingerprint density at radius 1 is 1.33 bits per heavy atom. The van der Waals surface area contributed by atoms with Gasteiger partial charge >= 0.3 is 0 Å². The molecule has 18 heavy (non-hydrogen) atoms. The van der Waals surface area contributed by atoms with E-state index < -0.39 is 5.82 Å². The second kappa shape index (κ2) is 4.96. The summed E-state index contributed by atoms with van der Waals surface area (Å²) < 4.78 is 12.9. The van der Waals surface area contributed by atoms with E-state index in [2.05, 4.69) is 12.2 Å². The first kappa shape index (κ1) is 12.9. The van der Waals surface area contributed by atoms with E-state index in [1.807, 2.05) is 0 Å². The molecule has 1 saturated carbocycles. The summed E-state index contributed by atoms with van der Waals surface area (Å²) in [5.41, 5.74) is 6.05. The SMILES string of the molecule is CC1(NC(=O)c2ccc(F)cc2N)CCCCC1. The first-order valence-corrected chi connectivity index (χ1v) is 6.38. The van der Waals surface area contributed by atoms with Crippen LogP contribution in [0, 0.1) is 5.82 Å². The summed E-state index contributed by atoms with van der Waals surface area (Å²) in [6.07, 6.45) is 5.47. The Balaban J connectivity index is 2.11. The maximum atomic E-state index is 12.9. The van der Waals surface area contributed by atoms with Gasteiger partial charge in [0.2, 0.25) is 0 Å². The van der Waals surface area contributed by atoms with Crippen molar-refractivity contribution in [2.24, 2.45) is 0 Å². The summed E-state index contributed by atoms with van der Waals surface area (Å²) in [5.74, 6) is -0.634. The Morgan fingerprint density at radius 2 is 2.00 bits per heavy atom. The average molecular weight is 250 g/mol. The molecule has 1 aromatic carbocycles. The van der Waals surface area contributed by atoms with E-state index in [-0.39, 0.29) is 17.1 Å². The molecule has 0 atom stereocenters. The molecule has 0 aliphatic heterocycles. The molecule has 1 aliphatic rings. The molecule has 1 aliphatic carbocycles. The minimum absolute atomic E-state index is 0.157. The van der Waals surface area contributed by atoms with Crippen molar-refractivity contribution < 1.29 is 9.18 Å². The molecule has 0 heterocycles. The van der Waals surface area contributed by atoms with Gasteiger partial charge in [-0.1, -0.05) is 19.3 Å². The normalized spacial score (nSPS) is 18.3. The van der Waals surface area contributed by atoms with Crippen LogP contribution < -0.4 is 11.1 Å². The molecule has 0 saturated heterocycles. The number of hydrogen-bond acceptors (Lipinski definition) is 2. The zero-order valence-electron chi connectivity index (χ0n) is 10.6. The van der Waals surface area contributed by atoms with Crippen LogP contribution in [0.2, 0.25) is 0 Å². The van der Waals surface area contributed by atoms with Gasteiger partial charge in [0.05, 0.1) is 5.56 Å². The first-order valence-electron chi connectivity index (χ1n) is 6.38. The summed E-state index contributed by atoms with van der Waals surface area (Å²) in [4.78, 5) is 12.1. The van der Waals surface area contributed by atoms with Crippen molar-refractivity contribution >= 4 is 11.6 Å². The number of carbonyl (C=O) groups excluding carboxylic acids is 1. The smallest absolute Gasteiger partial charge is 0.253 e. The van der Waals surface area contributed by atoms with Gasteiger partial charge in [0.1, 0.15) is 5.82 Å². The Hall–Kier alpha value is -1.58. The number of nitrogens with one attached hydrogen (secondary N) is 1. The maximum Gasteiger partial charge on any atom is 0.253 e. The predicted octanol–water partition coefficient (Wildman–Crippen LogP) is 2.86. The van der Waals surface area contributed by atoms with Crippen LogP contribution in [-0.4, -0.2) is 11.4 Å². The van der Waals surface area contributed by atoms with E-state index in [4.69, 9.17) is 5.73 Å². The van der Waals surface area contributed by atoms with Gasteiger partial charge in [-0.05, 0) is 38.0 Å². The lowest BCUT2D eigenvalue weighted by molar-refractivity contribution is 0.0883. The van der Waals surface area contributed by atoms with E-state index in [9.17, 15) is 9.18 Å². The summed E-state index contributed by atoms with van der Waals surface area (Å²) in [5, 5.41) is 3.03. The van der Waals surface area contributed by atoms with Gasteiger partial charge in [0.15, 0.2) is 0 Å². The fourth-order valence-corrected chi connectivity index (χ4v) is 2.54. The van der Waals surface area contributed by atoms with Crippen LogP contribution in [0.25, 0.3) is 0 Å². The third kappa shape index (κ3) is 2.81. The van der Waals surface area contributed by atoms with Crippen molar-refractivity contribution in [3.8, 4) is 0 Å². The molecule has 0 unspecified atom stereocenters. The lowest BCUT2D eigenvalue weighted by Crippen LogP contribution is -2.47. The van der Waals surface area contributed by atoms with E-state index in [0.717, 1.165) is 25.7 Å². The molecule has 3 N–H and O–H groups in total. The van der Waals surface area contributed by atoms with Gasteiger partial charge in [-0.3, -0.25) is 4.79 Å². The molecular weight excluding hydrogens is 231 g/mol. The summed E-state index contributed by atoms with van der Waals surface area (Å²) in [6.45, 7) is 2.06. The molecule has 1 aromatic rings. The minimum atomic E-state index is -0.423. The average Bonchev–Trinajstić information content (AvgIpc) is 2.28. The van der Waals surface area contributed by atoms with Gasteiger partial charge in [-0.25, -0.2) is 4.39 Å². The molecule has 98 valence electrons. The fraction of sp³-hybridized carbons (Fsp3) is 0.500. The van der Waals surface area contributed by atoms with Gasteiger partial charge in [-0.2, -0.15) is 0 Å². The summed E-state index contributed by atoms with van der Waals surface area (Å²) in [6, 6.07) is 3.87. The number of nitrogens with two attached hydrogens (primary N) is 1. The van der Waals surface area contributed by atoms with Gasteiger partial charge in [-0.15, -0.1) is 0 Å². The first-order chi connectivity index (χ1) is 8.50. The van der Waals surface area contributed by atoms with Crippen LogP contribution in [-0.2, 0) is 0 Å². The van der Waals surface area contributed by atoms with Crippen molar-refractivity contribution in [3.63, 3.8) is 0 Å². The van der Waals surface area contributed by atoms with Crippen molar-refractivity contribution in [2.75, 3.05) is 5.73 Å². The van der Waals surface area contributed by atoms with Gasteiger partial charge in [0, 0.05) is 11.2 Å². The standard InChI is InChI=1S/C14H19FN2O/c1-14(7-3-2-4-8-14)17-13(18)11-6-5-10(15)9-12(11)16/h5-6,9H,2-4,7-8,16H2,1H3,(H,17,18). The number of hydrogen-bond donors (Lipinski definition) is 2. The van der Waals surface area contributed by atoms with E-state index in [1.165, 1.54) is 24.6 Å². The Bertz CT molecular complexity index is 453. The number of rotatable bonds is 2. The Labute approximate surface area is 107 Å². The monoisotopic (exact) mass is 250 g/mol. The molecule has 0 radical (unpaired) electrons. The van der Waals surface area contributed by atoms with Crippen LogP contribution in [0.4, 0.5) is 10.1 Å². The zero-order valence-corrected chi connectivity index (χ0v) is 10.6. The summed E-state index contributed by atoms with van der Waals surface area (Å²) >= 11 is 0. The maximum absolute atomic E-state index is 12.9. The highest BCUT2D eigenvalue weighted by Gasteiger charge is 2.29. The number of halogens is 1. The topological polar surface area (TPSA) is 55.1 Å². The number of nitrogen functional groups attached to an aromatic ring is 1. The van der Waals surface area contributed by atoms with Crippen LogP contribution >= 0.6 is 0 Å².